The van der Waals surface area contributed by atoms with Gasteiger partial charge in [0.2, 0.25) is 12.1 Å². The van der Waals surface area contributed by atoms with Crippen LogP contribution in [0.4, 0.5) is 0 Å². The van der Waals surface area contributed by atoms with E-state index in [1.165, 1.54) is 27.8 Å². The largest absolute Gasteiger partial charge is 0.457 e. The van der Waals surface area contributed by atoms with E-state index < -0.39 is 5.41 Å². The average molecular weight is 555 g/mol. The second-order valence-electron chi connectivity index (χ2n) is 11.2. The number of para-hydroxylation sites is 1. The minimum atomic E-state index is -0.472. The zero-order chi connectivity index (χ0) is 28.4. The Morgan fingerprint density at radius 2 is 1.12 bits per heavy atom. The van der Waals surface area contributed by atoms with E-state index in [4.69, 9.17) is 9.47 Å². The second kappa shape index (κ2) is 9.20. The van der Waals surface area contributed by atoms with Crippen LogP contribution in [0.2, 0.25) is 0 Å². The van der Waals surface area contributed by atoms with Gasteiger partial charge in [-0.1, -0.05) is 115 Å². The highest BCUT2D eigenvalue weighted by Gasteiger charge is 2.50. The molecule has 1 unspecified atom stereocenters. The van der Waals surface area contributed by atoms with Gasteiger partial charge in [-0.25, -0.2) is 0 Å². The van der Waals surface area contributed by atoms with Gasteiger partial charge < -0.3 is 9.47 Å². The molecule has 4 heteroatoms. The van der Waals surface area contributed by atoms with E-state index in [2.05, 4.69) is 126 Å². The first-order chi connectivity index (χ1) is 21.3. The van der Waals surface area contributed by atoms with Gasteiger partial charge in [-0.3, -0.25) is 5.43 Å². The Morgan fingerprint density at radius 3 is 1.86 bits per heavy atom. The Bertz CT molecular complexity index is 2020. The summed E-state index contributed by atoms with van der Waals surface area (Å²) < 4.78 is 12.7. The van der Waals surface area contributed by atoms with Gasteiger partial charge in [0, 0.05) is 22.3 Å². The first-order valence-corrected chi connectivity index (χ1v) is 14.6. The third-order valence-corrected chi connectivity index (χ3v) is 8.93. The van der Waals surface area contributed by atoms with Crippen molar-refractivity contribution in [2.24, 2.45) is 5.10 Å². The van der Waals surface area contributed by atoms with Gasteiger partial charge in [0.05, 0.1) is 5.41 Å². The summed E-state index contributed by atoms with van der Waals surface area (Å²) in [5.74, 6) is 2.39. The fourth-order valence-electron chi connectivity index (χ4n) is 7.02. The monoisotopic (exact) mass is 554 g/mol. The first-order valence-electron chi connectivity index (χ1n) is 14.6. The fourth-order valence-corrected chi connectivity index (χ4v) is 7.02. The van der Waals surface area contributed by atoms with Crippen LogP contribution in [0, 0.1) is 0 Å². The van der Waals surface area contributed by atoms with Gasteiger partial charge in [-0.2, -0.15) is 0 Å². The molecule has 6 aromatic rings. The molecule has 0 saturated carbocycles. The Labute approximate surface area is 249 Å². The predicted molar refractivity (Wildman–Crippen MR) is 169 cm³/mol. The normalized spacial score (nSPS) is 16.6. The summed E-state index contributed by atoms with van der Waals surface area (Å²) >= 11 is 0. The highest BCUT2D eigenvalue weighted by atomic mass is 16.5. The standard InChI is InChI=1S/C39H26N2O2/c1-2-10-26(11-3-1)37-40-41-38(43-37)27-20-18-25(19-21-27)28-22-23-36-34(24-28)39(33-16-8-9-17-35(33)42-36)31-14-6-4-12-29(31)30-13-5-7-15-32(30)39/h1-24,38,41H. The predicted octanol–water partition coefficient (Wildman–Crippen LogP) is 8.80. The van der Waals surface area contributed by atoms with Crippen LogP contribution in [0.15, 0.2) is 151 Å². The van der Waals surface area contributed by atoms with Crippen LogP contribution in [-0.4, -0.2) is 5.90 Å². The van der Waals surface area contributed by atoms with Crippen molar-refractivity contribution < 1.29 is 9.47 Å². The number of nitrogens with zero attached hydrogens (tertiary/aromatic N) is 1. The van der Waals surface area contributed by atoms with Crippen molar-refractivity contribution in [2.75, 3.05) is 0 Å². The summed E-state index contributed by atoms with van der Waals surface area (Å²) in [5.41, 5.74) is 14.4. The molecule has 1 aliphatic carbocycles. The van der Waals surface area contributed by atoms with E-state index in [9.17, 15) is 0 Å². The van der Waals surface area contributed by atoms with Crippen LogP contribution < -0.4 is 10.2 Å². The molecular formula is C39H26N2O2. The molecule has 2 heterocycles. The molecule has 0 fully saturated rings. The lowest BCUT2D eigenvalue weighted by Crippen LogP contribution is -2.32. The maximum Gasteiger partial charge on any atom is 0.240 e. The third-order valence-electron chi connectivity index (χ3n) is 8.93. The van der Waals surface area contributed by atoms with Crippen molar-refractivity contribution in [3.8, 4) is 33.8 Å². The Hall–Kier alpha value is -5.61. The molecule has 204 valence electrons. The van der Waals surface area contributed by atoms with E-state index >= 15 is 0 Å². The maximum absolute atomic E-state index is 6.58. The molecule has 3 aliphatic rings. The first kappa shape index (κ1) is 24.0. The van der Waals surface area contributed by atoms with Crippen molar-refractivity contribution in [1.82, 2.24) is 5.43 Å². The Morgan fingerprint density at radius 1 is 0.512 bits per heavy atom. The topological polar surface area (TPSA) is 42.9 Å². The number of hydrazone groups is 1. The van der Waals surface area contributed by atoms with E-state index in [0.717, 1.165) is 39.3 Å². The van der Waals surface area contributed by atoms with Gasteiger partial charge in [-0.05, 0) is 63.7 Å². The fraction of sp³-hybridized carbons (Fsp3) is 0.0513. The van der Waals surface area contributed by atoms with E-state index in [0.29, 0.717) is 5.90 Å². The summed E-state index contributed by atoms with van der Waals surface area (Å²) in [4.78, 5) is 0. The zero-order valence-electron chi connectivity index (χ0n) is 23.2. The van der Waals surface area contributed by atoms with Crippen molar-refractivity contribution in [3.05, 3.63) is 179 Å². The molecule has 0 saturated heterocycles. The lowest BCUT2D eigenvalue weighted by molar-refractivity contribution is 0.192. The van der Waals surface area contributed by atoms with Gasteiger partial charge in [0.15, 0.2) is 0 Å². The van der Waals surface area contributed by atoms with Crippen molar-refractivity contribution in [3.63, 3.8) is 0 Å². The van der Waals surface area contributed by atoms with Crippen molar-refractivity contribution in [1.29, 1.82) is 0 Å². The molecule has 6 aromatic carbocycles. The van der Waals surface area contributed by atoms with Gasteiger partial charge in [-0.15, -0.1) is 5.10 Å². The SMILES string of the molecule is c1ccc(C2=NNC(c3ccc(-c4ccc5c(c4)C4(c6ccccc6O5)c5ccccc5-c5ccccc54)cc3)O2)cc1. The van der Waals surface area contributed by atoms with Gasteiger partial charge >= 0.3 is 0 Å². The van der Waals surface area contributed by atoms with Crippen LogP contribution in [0.25, 0.3) is 22.3 Å². The molecule has 0 bridgehead atoms. The summed E-state index contributed by atoms with van der Waals surface area (Å²) in [6, 6.07) is 51.2. The van der Waals surface area contributed by atoms with Crippen LogP contribution in [0.3, 0.4) is 0 Å². The van der Waals surface area contributed by atoms with Crippen molar-refractivity contribution >= 4 is 5.90 Å². The molecule has 43 heavy (non-hydrogen) atoms. The quantitative estimate of drug-likeness (QED) is 0.237. The maximum atomic E-state index is 6.58. The highest BCUT2D eigenvalue weighted by Crippen LogP contribution is 2.62. The van der Waals surface area contributed by atoms with Crippen molar-refractivity contribution in [2.45, 2.75) is 11.6 Å². The van der Waals surface area contributed by atoms with Gasteiger partial charge in [0.1, 0.15) is 11.5 Å². The number of ether oxygens (including phenoxy) is 2. The lowest BCUT2D eigenvalue weighted by atomic mass is 9.66. The molecule has 1 N–H and O–H groups in total. The lowest BCUT2D eigenvalue weighted by Gasteiger charge is -2.39. The van der Waals surface area contributed by atoms with Gasteiger partial charge in [0.25, 0.3) is 0 Å². The average Bonchev–Trinajstić information content (AvgIpc) is 3.69. The minimum Gasteiger partial charge on any atom is -0.457 e. The van der Waals surface area contributed by atoms with Crippen LogP contribution >= 0.6 is 0 Å². The molecule has 9 rings (SSSR count). The Balaban J connectivity index is 1.14. The van der Waals surface area contributed by atoms with E-state index in [-0.39, 0.29) is 6.23 Å². The molecule has 0 radical (unpaired) electrons. The molecule has 2 aliphatic heterocycles. The van der Waals surface area contributed by atoms with E-state index in [1.54, 1.807) is 0 Å². The molecule has 1 atom stereocenters. The molecule has 0 aromatic heterocycles. The number of hydrogen-bond acceptors (Lipinski definition) is 4. The minimum absolute atomic E-state index is 0.326. The van der Waals surface area contributed by atoms with Crippen LogP contribution in [0.1, 0.15) is 39.6 Å². The number of benzene rings is 6. The zero-order valence-corrected chi connectivity index (χ0v) is 23.2. The summed E-state index contributed by atoms with van der Waals surface area (Å²) in [6.07, 6.45) is -0.326. The van der Waals surface area contributed by atoms with E-state index in [1.807, 2.05) is 30.3 Å². The number of nitrogens with one attached hydrogen (secondary N) is 1. The highest BCUT2D eigenvalue weighted by molar-refractivity contribution is 5.95. The van der Waals surface area contributed by atoms with Crippen LogP contribution in [-0.2, 0) is 10.2 Å². The molecular weight excluding hydrogens is 528 g/mol. The number of fused-ring (bicyclic) bond motifs is 9. The summed E-state index contributed by atoms with van der Waals surface area (Å²) in [5, 5.41) is 4.42. The smallest absolute Gasteiger partial charge is 0.240 e. The Kier molecular flexibility index (Phi) is 5.14. The summed E-state index contributed by atoms with van der Waals surface area (Å²) in [6.45, 7) is 0. The molecule has 0 amide bonds. The third kappa shape index (κ3) is 3.47. The number of hydrogen-bond donors (Lipinski definition) is 1. The number of rotatable bonds is 3. The second-order valence-corrected chi connectivity index (χ2v) is 11.2. The molecule has 4 nitrogen and oxygen atoms in total. The summed E-state index contributed by atoms with van der Waals surface area (Å²) in [7, 11) is 0. The van der Waals surface area contributed by atoms with Crippen LogP contribution in [0.5, 0.6) is 11.5 Å². The molecule has 1 spiro atoms.